The fourth-order valence-corrected chi connectivity index (χ4v) is 19.3. The van der Waals surface area contributed by atoms with Crippen LogP contribution in [0.2, 0.25) is 5.02 Å². The number of rotatable bonds is 10. The van der Waals surface area contributed by atoms with Gasteiger partial charge in [0.2, 0.25) is 0 Å². The molecule has 2 spiro atoms. The molecule has 0 N–H and O–H groups in total. The van der Waals surface area contributed by atoms with Crippen molar-refractivity contribution in [3.05, 3.63) is 389 Å². The minimum Gasteiger partial charge on any atom is -0.456 e. The molecular formula is C110H92B3ClN6O8. The van der Waals surface area contributed by atoms with E-state index in [9.17, 15) is 0 Å². The number of nitrogens with zero attached hydrogens (tertiary/aromatic N) is 6. The van der Waals surface area contributed by atoms with E-state index in [2.05, 4.69) is 234 Å². The first-order valence-corrected chi connectivity index (χ1v) is 44.1. The van der Waals surface area contributed by atoms with Crippen LogP contribution in [0, 0.1) is 0 Å². The third kappa shape index (κ3) is 13.5. The van der Waals surface area contributed by atoms with Gasteiger partial charge in [0.05, 0.1) is 44.4 Å². The Kier molecular flexibility index (Phi) is 20.0. The van der Waals surface area contributed by atoms with Gasteiger partial charge in [0, 0.05) is 77.3 Å². The van der Waals surface area contributed by atoms with Gasteiger partial charge in [-0.15, -0.1) is 0 Å². The predicted molar refractivity (Wildman–Crippen MR) is 511 cm³/mol. The second kappa shape index (κ2) is 31.2. The Bertz CT molecular complexity index is 6830. The highest BCUT2D eigenvalue weighted by Gasteiger charge is 2.64. The Labute approximate surface area is 753 Å². The molecule has 0 amide bonds. The van der Waals surface area contributed by atoms with Gasteiger partial charge in [-0.25, -0.2) is 29.9 Å². The molecule has 0 radical (unpaired) electrons. The summed E-state index contributed by atoms with van der Waals surface area (Å²) in [4.78, 5) is 29.6. The summed E-state index contributed by atoms with van der Waals surface area (Å²) in [5.74, 6) is 7.10. The van der Waals surface area contributed by atoms with Crippen LogP contribution >= 0.6 is 11.6 Å². The molecule has 14 nitrogen and oxygen atoms in total. The Morgan fingerprint density at radius 1 is 0.219 bits per heavy atom. The van der Waals surface area contributed by atoms with Gasteiger partial charge in [-0.05, 0) is 157 Å². The van der Waals surface area contributed by atoms with Crippen molar-refractivity contribution in [2.24, 2.45) is 0 Å². The van der Waals surface area contributed by atoms with E-state index >= 15 is 0 Å². The van der Waals surface area contributed by atoms with E-state index in [0.29, 0.717) is 34.9 Å². The predicted octanol–water partition coefficient (Wildman–Crippen LogP) is 25.2. The SMILES string of the molecule is CC1(C)OB(B2OC(C)(C)C(C)(C)O2)OC1(C)C.CC1(C)OB(c2cccc3c2-c2ccccc2C32c3ccccc3Oc3c(-c4ccc(-c5nc(-c6ccccc6)nc(-c6ccccc6)n5)cc4)cccc32)OC1(C)C.Clc1cccc2c1-c1ccccc1C21c2ccccc2Oc2c(-c3ccc(-c4nc(-c5ccccc5)nc(-c5ccccc5)n4)cc3)cccc21. The molecule has 3 fully saturated rings. The lowest BCUT2D eigenvalue weighted by atomic mass is 9.49. The maximum atomic E-state index is 7.03. The van der Waals surface area contributed by atoms with Gasteiger partial charge in [0.25, 0.3) is 0 Å². The summed E-state index contributed by atoms with van der Waals surface area (Å²) in [7, 11) is -1.47. The largest absolute Gasteiger partial charge is 0.495 e. The number of hydrogen-bond donors (Lipinski definition) is 0. The van der Waals surface area contributed by atoms with Crippen LogP contribution in [-0.4, -0.2) is 84.6 Å². The second-order valence-corrected chi connectivity index (χ2v) is 37.1. The van der Waals surface area contributed by atoms with Gasteiger partial charge in [0.1, 0.15) is 23.0 Å². The van der Waals surface area contributed by atoms with Crippen LogP contribution in [0.5, 0.6) is 23.0 Å². The molecule has 626 valence electrons. The molecule has 2 unspecified atom stereocenters. The lowest BCUT2D eigenvalue weighted by Gasteiger charge is -2.40. The van der Waals surface area contributed by atoms with E-state index in [0.717, 1.165) is 128 Å². The van der Waals surface area contributed by atoms with Crippen LogP contribution < -0.4 is 14.9 Å². The zero-order valence-corrected chi connectivity index (χ0v) is 74.1. The molecule has 7 heterocycles. The Morgan fingerprint density at radius 2 is 0.477 bits per heavy atom. The van der Waals surface area contributed by atoms with Gasteiger partial charge >= 0.3 is 21.1 Å². The summed E-state index contributed by atoms with van der Waals surface area (Å²) in [5.41, 5.74) is 20.7. The molecule has 3 saturated heterocycles. The average molecular weight is 1690 g/mol. The minimum atomic E-state index is -0.655. The molecule has 0 bridgehead atoms. The fourth-order valence-electron chi connectivity index (χ4n) is 19.0. The zero-order chi connectivity index (χ0) is 87.9. The molecule has 5 aliphatic heterocycles. The van der Waals surface area contributed by atoms with Crippen LogP contribution in [0.15, 0.2) is 340 Å². The van der Waals surface area contributed by atoms with Crippen molar-refractivity contribution in [3.63, 3.8) is 0 Å². The molecule has 18 heteroatoms. The van der Waals surface area contributed by atoms with Crippen molar-refractivity contribution in [3.8, 4) is 136 Å². The molecule has 16 aromatic rings. The maximum absolute atomic E-state index is 7.03. The van der Waals surface area contributed by atoms with Crippen LogP contribution in [-0.2, 0) is 38.8 Å². The minimum absolute atomic E-state index is 0.360. The standard InChI is InChI=1S/C52H40BN3O3.C46H28ClN3O.C12H24B2O4/c1-50(2)51(3,4)59-53(58-50)43-27-16-25-41-45(43)38-21-11-12-23-39(38)52(41)40-24-13-14-28-44(40)57-46-37(22-15-26-42(46)52)33-29-31-36(32-30-33)49-55-47(34-17-7-5-8-18-34)54-48(56-49)35-19-9-6-10-20-35;47-39-23-12-21-37-41(39)34-17-7-8-19-35(34)46(37)36-20-9-10-24-40(36)51-42-33(18-11-22-38(42)46)29-25-27-32(28-26-29)45-49-43(30-13-3-1-4-14-30)48-44(50-45)31-15-5-2-6-16-31;1-9(2)10(3,4)16-13(15-9)14-17-11(5,6)12(7,8)18-14/h5-32H,1-4H3;1-28H;1-8H3. The van der Waals surface area contributed by atoms with Crippen LogP contribution in [0.1, 0.15) is 128 Å². The number of para-hydroxylation sites is 4. The highest BCUT2D eigenvalue weighted by molar-refractivity contribution is 7.11. The quantitative estimate of drug-likeness (QED) is 0.119. The normalized spacial score (nSPS) is 18.7. The summed E-state index contributed by atoms with van der Waals surface area (Å²) in [5, 5.41) is 0.748. The van der Waals surface area contributed by atoms with Crippen molar-refractivity contribution in [2.75, 3.05) is 0 Å². The third-order valence-corrected chi connectivity index (χ3v) is 27.9. The summed E-state index contributed by atoms with van der Waals surface area (Å²) >= 11 is 6.99. The van der Waals surface area contributed by atoms with Gasteiger partial charge in [0.15, 0.2) is 34.9 Å². The van der Waals surface area contributed by atoms with E-state index in [1.165, 1.54) is 27.8 Å². The highest BCUT2D eigenvalue weighted by Crippen LogP contribution is 2.66. The topological polar surface area (TPSA) is 151 Å². The zero-order valence-electron chi connectivity index (χ0n) is 73.4. The molecule has 2 aliphatic carbocycles. The van der Waals surface area contributed by atoms with Crippen molar-refractivity contribution >= 4 is 38.2 Å². The molecule has 0 saturated carbocycles. The van der Waals surface area contributed by atoms with Crippen molar-refractivity contribution in [1.29, 1.82) is 0 Å². The number of fused-ring (bicyclic) bond motifs is 18. The van der Waals surface area contributed by atoms with E-state index in [-0.39, 0.29) is 22.4 Å². The summed E-state index contributed by atoms with van der Waals surface area (Å²) in [6.07, 6.45) is 0. The average Bonchev–Trinajstić information content (AvgIpc) is 1.51. The van der Waals surface area contributed by atoms with E-state index in [1.807, 2.05) is 189 Å². The number of halogens is 1. The molecule has 2 atom stereocenters. The number of benzene rings is 14. The van der Waals surface area contributed by atoms with Crippen LogP contribution in [0.3, 0.4) is 0 Å². The van der Waals surface area contributed by atoms with Crippen molar-refractivity contribution in [2.45, 2.75) is 128 Å². The molecule has 14 aromatic carbocycles. The first-order chi connectivity index (χ1) is 61.8. The monoisotopic (exact) mass is 1690 g/mol. The number of hydrogen-bond acceptors (Lipinski definition) is 14. The molecule has 128 heavy (non-hydrogen) atoms. The van der Waals surface area contributed by atoms with Crippen LogP contribution in [0.4, 0.5) is 0 Å². The molecule has 2 aromatic heterocycles. The fraction of sp³-hybridized carbons (Fsp3) is 0.182. The molecule has 7 aliphatic rings. The molecule has 23 rings (SSSR count). The first kappa shape index (κ1) is 82.0. The van der Waals surface area contributed by atoms with Gasteiger partial charge in [-0.2, -0.15) is 0 Å². The van der Waals surface area contributed by atoms with E-state index < -0.39 is 43.2 Å². The Balaban J connectivity index is 0.000000131. The van der Waals surface area contributed by atoms with E-state index in [1.54, 1.807) is 0 Å². The summed E-state index contributed by atoms with van der Waals surface area (Å²) < 4.78 is 51.2. The van der Waals surface area contributed by atoms with Crippen LogP contribution in [0.25, 0.3) is 113 Å². The number of aromatic nitrogens is 6. The Morgan fingerprint density at radius 3 is 0.844 bits per heavy atom. The Hall–Kier alpha value is -13.1. The van der Waals surface area contributed by atoms with Crippen molar-refractivity contribution in [1.82, 2.24) is 29.9 Å². The second-order valence-electron chi connectivity index (χ2n) is 36.7. The third-order valence-electron chi connectivity index (χ3n) is 27.5. The van der Waals surface area contributed by atoms with E-state index in [4.69, 9.17) is 78.9 Å². The lowest BCUT2D eigenvalue weighted by molar-refractivity contribution is 0.00578. The van der Waals surface area contributed by atoms with Crippen molar-refractivity contribution < 1.29 is 37.4 Å². The van der Waals surface area contributed by atoms with Gasteiger partial charge in [-0.3, -0.25) is 0 Å². The smallest absolute Gasteiger partial charge is 0.456 e. The molecular weight excluding hydrogens is 1600 g/mol. The summed E-state index contributed by atoms with van der Waals surface area (Å²) in [6.45, 7) is 24.6. The van der Waals surface area contributed by atoms with Gasteiger partial charge < -0.3 is 37.4 Å². The maximum Gasteiger partial charge on any atom is 0.495 e. The highest BCUT2D eigenvalue weighted by atomic mass is 35.5. The lowest BCUT2D eigenvalue weighted by Crippen LogP contribution is -2.41. The summed E-state index contributed by atoms with van der Waals surface area (Å²) in [6, 6.07) is 117. The first-order valence-electron chi connectivity index (χ1n) is 43.8. The number of ether oxygens (including phenoxy) is 2. The van der Waals surface area contributed by atoms with Gasteiger partial charge in [-0.1, -0.05) is 333 Å².